The molecule has 0 radical (unpaired) electrons. The van der Waals surface area contributed by atoms with E-state index in [1.807, 2.05) is 11.8 Å². The number of thioether (sulfide) groups is 1. The van der Waals surface area contributed by atoms with Crippen molar-refractivity contribution in [1.29, 1.82) is 0 Å². The van der Waals surface area contributed by atoms with Crippen molar-refractivity contribution >= 4 is 23.5 Å². The van der Waals surface area contributed by atoms with Gasteiger partial charge in [0, 0.05) is 17.8 Å². The average molecular weight is 303 g/mol. The van der Waals surface area contributed by atoms with Crippen LogP contribution in [0.4, 0.5) is 0 Å². The monoisotopic (exact) mass is 303 g/mol. The van der Waals surface area contributed by atoms with Crippen molar-refractivity contribution in [3.63, 3.8) is 0 Å². The van der Waals surface area contributed by atoms with Gasteiger partial charge in [0.1, 0.15) is 18.9 Å². The van der Waals surface area contributed by atoms with Gasteiger partial charge in [-0.05, 0) is 31.9 Å². The first-order valence-electron chi connectivity index (χ1n) is 6.62. The second kappa shape index (κ2) is 8.04. The number of aromatic nitrogens is 2. The van der Waals surface area contributed by atoms with Crippen LogP contribution in [0.3, 0.4) is 0 Å². The number of hydrogen-bond acceptors (Lipinski definition) is 7. The van der Waals surface area contributed by atoms with E-state index in [0.29, 0.717) is 18.5 Å². The molecule has 1 saturated carbocycles. The maximum Gasteiger partial charge on any atom is 0.245 e. The molecule has 1 aliphatic rings. The number of rotatable bonds is 7. The molecule has 1 aliphatic carbocycles. The van der Waals surface area contributed by atoms with Crippen molar-refractivity contribution in [2.75, 3.05) is 19.4 Å². The van der Waals surface area contributed by atoms with Gasteiger partial charge in [-0.2, -0.15) is 16.1 Å². The fourth-order valence-corrected chi connectivity index (χ4v) is 3.37. The summed E-state index contributed by atoms with van der Waals surface area (Å²) in [4.78, 5) is 0. The molecule has 0 aromatic carbocycles. The lowest BCUT2D eigenvalue weighted by atomic mass is 9.95. The highest BCUT2D eigenvalue weighted by molar-refractivity contribution is 7.99. The van der Waals surface area contributed by atoms with Crippen LogP contribution in [0.25, 0.3) is 0 Å². The fraction of sp³-hybridized carbons (Fsp3) is 0.833. The Kier molecular flexibility index (Phi) is 6.36. The van der Waals surface area contributed by atoms with Crippen molar-refractivity contribution in [3.8, 4) is 5.88 Å². The first-order chi connectivity index (χ1) is 9.28. The molecule has 5 nitrogen and oxygen atoms in total. The van der Waals surface area contributed by atoms with Crippen LogP contribution in [0, 0.1) is 0 Å². The molecule has 0 spiro atoms. The van der Waals surface area contributed by atoms with Gasteiger partial charge in [0.05, 0.1) is 11.7 Å². The minimum absolute atomic E-state index is 0.262. The van der Waals surface area contributed by atoms with Gasteiger partial charge in [-0.25, -0.2) is 0 Å². The molecule has 1 aromatic rings. The quantitative estimate of drug-likeness (QED) is 0.796. The van der Waals surface area contributed by atoms with E-state index in [4.69, 9.17) is 4.74 Å². The summed E-state index contributed by atoms with van der Waals surface area (Å²) < 4.78 is 13.1. The summed E-state index contributed by atoms with van der Waals surface area (Å²) in [6, 6.07) is 0.541. The van der Waals surface area contributed by atoms with E-state index in [1.54, 1.807) is 6.20 Å². The molecule has 0 bridgehead atoms. The zero-order valence-corrected chi connectivity index (χ0v) is 12.8. The lowest BCUT2D eigenvalue weighted by molar-refractivity contribution is 0.0999. The summed E-state index contributed by atoms with van der Waals surface area (Å²) in [6.07, 6.45) is 8.21. The van der Waals surface area contributed by atoms with Crippen LogP contribution < -0.4 is 10.1 Å². The molecule has 2 rings (SSSR count). The van der Waals surface area contributed by atoms with Crippen LogP contribution >= 0.6 is 23.5 Å². The molecule has 0 amide bonds. The standard InChI is InChI=1S/C12H21N3O2S2/c1-18-11-4-2-9(3-5-11)13-6-10(16)8-17-12-7-14-19-15-12/h7,9-11,13,16H,2-6,8H2,1H3. The van der Waals surface area contributed by atoms with E-state index in [9.17, 15) is 5.11 Å². The number of aliphatic hydroxyl groups is 1. The molecule has 1 aromatic heterocycles. The predicted molar refractivity (Wildman–Crippen MR) is 79.0 cm³/mol. The van der Waals surface area contributed by atoms with E-state index in [2.05, 4.69) is 20.3 Å². The first kappa shape index (κ1) is 15.0. The highest BCUT2D eigenvalue weighted by atomic mass is 32.2. The largest absolute Gasteiger partial charge is 0.473 e. The molecule has 1 heterocycles. The van der Waals surface area contributed by atoms with E-state index >= 15 is 0 Å². The van der Waals surface area contributed by atoms with Crippen molar-refractivity contribution in [1.82, 2.24) is 14.1 Å². The number of hydrogen-bond donors (Lipinski definition) is 2. The zero-order valence-electron chi connectivity index (χ0n) is 11.1. The summed E-state index contributed by atoms with van der Waals surface area (Å²) in [5.74, 6) is 0.490. The highest BCUT2D eigenvalue weighted by Gasteiger charge is 2.20. The second-order valence-electron chi connectivity index (χ2n) is 4.83. The van der Waals surface area contributed by atoms with E-state index < -0.39 is 6.10 Å². The van der Waals surface area contributed by atoms with Crippen LogP contribution in [-0.4, -0.2) is 50.7 Å². The Bertz CT molecular complexity index is 343. The third kappa shape index (κ3) is 5.25. The Hall–Kier alpha value is -0.370. The Morgan fingerprint density at radius 2 is 2.32 bits per heavy atom. The smallest absolute Gasteiger partial charge is 0.245 e. The summed E-state index contributed by atoms with van der Waals surface area (Å²) in [5, 5.41) is 14.1. The summed E-state index contributed by atoms with van der Waals surface area (Å²) in [5.41, 5.74) is 0. The summed E-state index contributed by atoms with van der Waals surface area (Å²) in [6.45, 7) is 0.838. The second-order valence-corrected chi connectivity index (χ2v) is 6.52. The highest BCUT2D eigenvalue weighted by Crippen LogP contribution is 2.26. The van der Waals surface area contributed by atoms with Crippen molar-refractivity contribution < 1.29 is 9.84 Å². The number of nitrogens with one attached hydrogen (secondary N) is 1. The molecule has 1 atom stereocenters. The summed E-state index contributed by atoms with van der Waals surface area (Å²) >= 11 is 3.08. The normalized spacial score (nSPS) is 25.2. The average Bonchev–Trinajstić information content (AvgIpc) is 2.96. The fourth-order valence-electron chi connectivity index (χ4n) is 2.27. The van der Waals surface area contributed by atoms with E-state index in [1.165, 1.54) is 25.7 Å². The minimum Gasteiger partial charge on any atom is -0.473 e. The maximum atomic E-state index is 9.84. The third-order valence-corrected chi connectivity index (χ3v) is 5.01. The molecular weight excluding hydrogens is 282 g/mol. The molecule has 108 valence electrons. The SMILES string of the molecule is CSC1CCC(NCC(O)COc2cnsn2)CC1. The molecule has 19 heavy (non-hydrogen) atoms. The Morgan fingerprint density at radius 3 is 2.95 bits per heavy atom. The lowest BCUT2D eigenvalue weighted by Gasteiger charge is -2.28. The van der Waals surface area contributed by atoms with E-state index in [-0.39, 0.29) is 6.61 Å². The minimum atomic E-state index is -0.500. The zero-order chi connectivity index (χ0) is 13.5. The van der Waals surface area contributed by atoms with Crippen LogP contribution in [0.5, 0.6) is 5.88 Å². The number of nitrogens with zero attached hydrogens (tertiary/aromatic N) is 2. The van der Waals surface area contributed by atoms with Crippen LogP contribution in [0.1, 0.15) is 25.7 Å². The Balaban J connectivity index is 1.57. The molecular formula is C12H21N3O2S2. The predicted octanol–water partition coefficient (Wildman–Crippen LogP) is 1.54. The van der Waals surface area contributed by atoms with Crippen molar-refractivity contribution in [2.24, 2.45) is 0 Å². The van der Waals surface area contributed by atoms with Crippen molar-refractivity contribution in [2.45, 2.75) is 43.1 Å². The first-order valence-corrected chi connectivity index (χ1v) is 8.64. The van der Waals surface area contributed by atoms with Gasteiger partial charge < -0.3 is 15.2 Å². The van der Waals surface area contributed by atoms with Gasteiger partial charge in [0.15, 0.2) is 0 Å². The van der Waals surface area contributed by atoms with Gasteiger partial charge in [-0.3, -0.25) is 0 Å². The molecule has 1 fully saturated rings. The van der Waals surface area contributed by atoms with Gasteiger partial charge in [-0.15, -0.1) is 4.37 Å². The number of ether oxygens (including phenoxy) is 1. The molecule has 0 aliphatic heterocycles. The Labute approximate surface area is 122 Å². The molecule has 2 N–H and O–H groups in total. The van der Waals surface area contributed by atoms with Gasteiger partial charge >= 0.3 is 0 Å². The molecule has 0 saturated heterocycles. The molecule has 7 heteroatoms. The van der Waals surface area contributed by atoms with Crippen molar-refractivity contribution in [3.05, 3.63) is 6.20 Å². The Morgan fingerprint density at radius 1 is 1.53 bits per heavy atom. The maximum absolute atomic E-state index is 9.84. The number of aliphatic hydroxyl groups excluding tert-OH is 1. The van der Waals surface area contributed by atoms with Gasteiger partial charge in [-0.1, -0.05) is 0 Å². The third-order valence-electron chi connectivity index (χ3n) is 3.41. The van der Waals surface area contributed by atoms with Gasteiger partial charge in [0.25, 0.3) is 0 Å². The van der Waals surface area contributed by atoms with Crippen LogP contribution in [0.2, 0.25) is 0 Å². The lowest BCUT2D eigenvalue weighted by Crippen LogP contribution is -2.40. The van der Waals surface area contributed by atoms with E-state index in [0.717, 1.165) is 17.0 Å². The molecule has 1 unspecified atom stereocenters. The van der Waals surface area contributed by atoms with Gasteiger partial charge in [0.2, 0.25) is 5.88 Å². The summed E-state index contributed by atoms with van der Waals surface area (Å²) in [7, 11) is 0. The van der Waals surface area contributed by atoms with Crippen LogP contribution in [-0.2, 0) is 0 Å². The van der Waals surface area contributed by atoms with Crippen LogP contribution in [0.15, 0.2) is 6.20 Å². The topological polar surface area (TPSA) is 67.3 Å².